The van der Waals surface area contributed by atoms with Crippen LogP contribution in [-0.2, 0) is 0 Å². The number of rotatable bonds is 0. The van der Waals surface area contributed by atoms with Crippen LogP contribution in [0.15, 0.2) is 0 Å². The first-order valence-corrected chi connectivity index (χ1v) is 11.4. The number of nitrogens with one attached hydrogen (secondary N) is 4. The fourth-order valence-corrected chi connectivity index (χ4v) is 9.04. The van der Waals surface area contributed by atoms with E-state index in [0.717, 1.165) is 49.9 Å². The zero-order valence-corrected chi connectivity index (χ0v) is 15.6. The van der Waals surface area contributed by atoms with E-state index in [1.54, 1.807) is 0 Å². The first kappa shape index (κ1) is 15.9. The van der Waals surface area contributed by atoms with Gasteiger partial charge < -0.3 is 21.3 Å². The van der Waals surface area contributed by atoms with Crippen molar-refractivity contribution in [3.8, 4) is 0 Å². The molecule has 140 valence electrons. The van der Waals surface area contributed by atoms with Crippen LogP contribution in [0.1, 0.15) is 51.4 Å². The van der Waals surface area contributed by atoms with Crippen molar-refractivity contribution in [2.45, 2.75) is 75.5 Å². The lowest BCUT2D eigenvalue weighted by Crippen LogP contribution is -2.63. The monoisotopic (exact) mass is 344 g/mol. The van der Waals surface area contributed by atoms with Crippen LogP contribution in [0.3, 0.4) is 0 Å². The standard InChI is InChI=1S/C21H36N4/c1-3-7-15-13(5-1)14-6-2-4-8-16(14)21(15)19-17(22-9-11-24-19)18-20(21)25-12-10-23-18/h13-20,22-25H,1-12H2. The lowest BCUT2D eigenvalue weighted by molar-refractivity contribution is 0.0154. The molecule has 1 spiro atoms. The summed E-state index contributed by atoms with van der Waals surface area (Å²) in [5.74, 6) is 4.00. The largest absolute Gasteiger partial charge is 0.310 e. The predicted octanol–water partition coefficient (Wildman–Crippen LogP) is 1.47. The van der Waals surface area contributed by atoms with Gasteiger partial charge in [-0.3, -0.25) is 0 Å². The Morgan fingerprint density at radius 3 is 1.48 bits per heavy atom. The molecule has 6 rings (SSSR count). The molecule has 4 N–H and O–H groups in total. The molecule has 4 saturated carbocycles. The lowest BCUT2D eigenvalue weighted by atomic mass is 9.59. The van der Waals surface area contributed by atoms with Gasteiger partial charge >= 0.3 is 0 Å². The molecule has 0 bridgehead atoms. The van der Waals surface area contributed by atoms with Crippen molar-refractivity contribution in [3.05, 3.63) is 0 Å². The Kier molecular flexibility index (Phi) is 3.75. The molecule has 8 unspecified atom stereocenters. The van der Waals surface area contributed by atoms with E-state index >= 15 is 0 Å². The highest BCUT2D eigenvalue weighted by atomic mass is 15.2. The topological polar surface area (TPSA) is 48.1 Å². The highest BCUT2D eigenvalue weighted by Crippen LogP contribution is 2.68. The average molecular weight is 345 g/mol. The molecule has 6 aliphatic rings. The molecule has 4 nitrogen and oxygen atoms in total. The second kappa shape index (κ2) is 5.92. The van der Waals surface area contributed by atoms with Gasteiger partial charge in [0.05, 0.1) is 0 Å². The minimum absolute atomic E-state index is 0.506. The van der Waals surface area contributed by atoms with Crippen LogP contribution in [-0.4, -0.2) is 50.3 Å². The summed E-state index contributed by atoms with van der Waals surface area (Å²) in [6.07, 6.45) is 12.0. The third-order valence-electron chi connectivity index (χ3n) is 9.39. The molecule has 0 aromatic rings. The third kappa shape index (κ3) is 1.98. The Hall–Kier alpha value is -0.160. The van der Waals surface area contributed by atoms with Crippen LogP contribution >= 0.6 is 0 Å². The van der Waals surface area contributed by atoms with Crippen LogP contribution in [0.25, 0.3) is 0 Å². The van der Waals surface area contributed by atoms with E-state index in [-0.39, 0.29) is 0 Å². The summed E-state index contributed by atoms with van der Waals surface area (Å²) < 4.78 is 0. The van der Waals surface area contributed by atoms with Gasteiger partial charge in [-0.25, -0.2) is 0 Å². The SMILES string of the molecule is C1CCC2C(C1)C1CCCCC1C21C2NCCNC2C2NCCNC21. The predicted molar refractivity (Wildman–Crippen MR) is 100 cm³/mol. The maximum absolute atomic E-state index is 4.09. The number of hydrogen-bond acceptors (Lipinski definition) is 4. The molecule has 25 heavy (non-hydrogen) atoms. The second-order valence-corrected chi connectivity index (χ2v) is 9.93. The summed E-state index contributed by atoms with van der Waals surface area (Å²) in [5, 5.41) is 16.1. The van der Waals surface area contributed by atoms with Gasteiger partial charge in [0.15, 0.2) is 0 Å². The molecule has 4 aliphatic carbocycles. The summed E-state index contributed by atoms with van der Waals surface area (Å²) in [6.45, 7) is 4.61. The normalized spacial score (nSPS) is 57.6. The van der Waals surface area contributed by atoms with Gasteiger partial charge in [-0.2, -0.15) is 0 Å². The Morgan fingerprint density at radius 2 is 0.960 bits per heavy atom. The van der Waals surface area contributed by atoms with Gasteiger partial charge in [0, 0.05) is 55.8 Å². The van der Waals surface area contributed by atoms with E-state index in [2.05, 4.69) is 21.3 Å². The van der Waals surface area contributed by atoms with Gasteiger partial charge in [0.2, 0.25) is 0 Å². The Balaban J connectivity index is 1.50. The lowest BCUT2D eigenvalue weighted by Gasteiger charge is -2.51. The molecule has 2 aliphatic heterocycles. The van der Waals surface area contributed by atoms with E-state index in [0.29, 0.717) is 29.6 Å². The van der Waals surface area contributed by atoms with Crippen molar-refractivity contribution in [1.82, 2.24) is 21.3 Å². The van der Waals surface area contributed by atoms with Crippen molar-refractivity contribution in [3.63, 3.8) is 0 Å². The van der Waals surface area contributed by atoms with Crippen molar-refractivity contribution >= 4 is 0 Å². The molecule has 0 radical (unpaired) electrons. The van der Waals surface area contributed by atoms with Gasteiger partial charge in [0.1, 0.15) is 0 Å². The summed E-state index contributed by atoms with van der Waals surface area (Å²) in [6, 6.07) is 2.64. The quantitative estimate of drug-likeness (QED) is 0.538. The van der Waals surface area contributed by atoms with Crippen LogP contribution in [0.5, 0.6) is 0 Å². The number of piperazine rings is 2. The van der Waals surface area contributed by atoms with Crippen LogP contribution in [0, 0.1) is 29.1 Å². The van der Waals surface area contributed by atoms with Crippen molar-refractivity contribution in [2.75, 3.05) is 26.2 Å². The van der Waals surface area contributed by atoms with Crippen molar-refractivity contribution in [2.24, 2.45) is 29.1 Å². The highest BCUT2D eigenvalue weighted by Gasteiger charge is 2.72. The van der Waals surface area contributed by atoms with E-state index in [1.807, 2.05) is 0 Å². The van der Waals surface area contributed by atoms with E-state index in [9.17, 15) is 0 Å². The zero-order valence-electron chi connectivity index (χ0n) is 15.6. The molecular formula is C21H36N4. The Bertz CT molecular complexity index is 429. The molecule has 2 heterocycles. The summed E-state index contributed by atoms with van der Waals surface area (Å²) >= 11 is 0. The fraction of sp³-hybridized carbons (Fsp3) is 1.00. The summed E-state index contributed by atoms with van der Waals surface area (Å²) in [5.41, 5.74) is 0.506. The number of fused-ring (bicyclic) bond motifs is 10. The zero-order chi connectivity index (χ0) is 16.4. The highest BCUT2D eigenvalue weighted by molar-refractivity contribution is 5.28. The second-order valence-electron chi connectivity index (χ2n) is 9.93. The summed E-state index contributed by atoms with van der Waals surface area (Å²) in [4.78, 5) is 0. The molecule has 4 heteroatoms. The average Bonchev–Trinajstić information content (AvgIpc) is 3.16. The van der Waals surface area contributed by atoms with Crippen LogP contribution in [0.4, 0.5) is 0 Å². The van der Waals surface area contributed by atoms with Crippen LogP contribution in [0.2, 0.25) is 0 Å². The molecule has 8 atom stereocenters. The molecule has 0 aromatic heterocycles. The first-order chi connectivity index (χ1) is 12.4. The molecular weight excluding hydrogens is 308 g/mol. The van der Waals surface area contributed by atoms with Gasteiger partial charge in [0.25, 0.3) is 0 Å². The van der Waals surface area contributed by atoms with Gasteiger partial charge in [-0.05, 0) is 49.4 Å². The van der Waals surface area contributed by atoms with E-state index in [4.69, 9.17) is 0 Å². The number of hydrogen-bond donors (Lipinski definition) is 4. The van der Waals surface area contributed by atoms with Gasteiger partial charge in [-0.15, -0.1) is 0 Å². The fourth-order valence-electron chi connectivity index (χ4n) is 9.04. The summed E-state index contributed by atoms with van der Waals surface area (Å²) in [7, 11) is 0. The molecule has 6 fully saturated rings. The Labute approximate surface area is 152 Å². The van der Waals surface area contributed by atoms with E-state index in [1.165, 1.54) is 51.4 Å². The van der Waals surface area contributed by atoms with Gasteiger partial charge in [-0.1, -0.05) is 25.7 Å². The minimum atomic E-state index is 0.506. The Morgan fingerprint density at radius 1 is 0.520 bits per heavy atom. The minimum Gasteiger partial charge on any atom is -0.310 e. The maximum atomic E-state index is 4.09. The first-order valence-electron chi connectivity index (χ1n) is 11.4. The molecule has 0 aromatic carbocycles. The maximum Gasteiger partial charge on any atom is 0.0397 e. The van der Waals surface area contributed by atoms with Crippen molar-refractivity contribution < 1.29 is 0 Å². The molecule has 0 amide bonds. The third-order valence-corrected chi connectivity index (χ3v) is 9.39. The van der Waals surface area contributed by atoms with Crippen molar-refractivity contribution in [1.29, 1.82) is 0 Å². The smallest absolute Gasteiger partial charge is 0.0397 e. The van der Waals surface area contributed by atoms with E-state index < -0.39 is 0 Å². The van der Waals surface area contributed by atoms with Crippen LogP contribution < -0.4 is 21.3 Å². The molecule has 2 saturated heterocycles.